The summed E-state index contributed by atoms with van der Waals surface area (Å²) in [5.41, 5.74) is 5.19. The topological polar surface area (TPSA) is 47.6 Å². The van der Waals surface area contributed by atoms with Gasteiger partial charge in [-0.2, -0.15) is 0 Å². The molecule has 1 N–H and O–H groups in total. The minimum absolute atomic E-state index is 0.0633. The predicted molar refractivity (Wildman–Crippen MR) is 92.5 cm³/mol. The van der Waals surface area contributed by atoms with Crippen molar-refractivity contribution in [1.29, 1.82) is 0 Å². The van der Waals surface area contributed by atoms with E-state index in [0.29, 0.717) is 11.5 Å². The summed E-state index contributed by atoms with van der Waals surface area (Å²) in [7, 11) is 1.58. The van der Waals surface area contributed by atoms with Gasteiger partial charge in [-0.05, 0) is 56.5 Å². The summed E-state index contributed by atoms with van der Waals surface area (Å²) in [6.45, 7) is 7.92. The molecule has 0 bridgehead atoms. The lowest BCUT2D eigenvalue weighted by atomic mass is 10.1. The van der Waals surface area contributed by atoms with Crippen LogP contribution in [0.3, 0.4) is 0 Å². The van der Waals surface area contributed by atoms with E-state index >= 15 is 0 Å². The molecule has 0 atom stereocenters. The monoisotopic (exact) mass is 313 g/mol. The molecule has 122 valence electrons. The zero-order valence-electron chi connectivity index (χ0n) is 14.3. The molecule has 23 heavy (non-hydrogen) atoms. The van der Waals surface area contributed by atoms with Gasteiger partial charge in [0.1, 0.15) is 0 Å². The standard InChI is InChI=1S/C19H23NO3/c1-12-6-7-16(17(10-12)22-5)23-11-18(21)20-19-14(3)8-13(2)9-15(19)4/h6-10H,11H2,1-5H3,(H,20,21). The molecule has 0 aliphatic rings. The van der Waals surface area contributed by atoms with E-state index in [-0.39, 0.29) is 12.5 Å². The normalized spacial score (nSPS) is 10.3. The summed E-state index contributed by atoms with van der Waals surface area (Å²) >= 11 is 0. The van der Waals surface area contributed by atoms with Gasteiger partial charge in [0.15, 0.2) is 18.1 Å². The molecule has 0 saturated heterocycles. The van der Waals surface area contributed by atoms with Crippen LogP contribution in [-0.2, 0) is 4.79 Å². The molecule has 1 amide bonds. The number of ether oxygens (including phenoxy) is 2. The molecule has 0 aromatic heterocycles. The van der Waals surface area contributed by atoms with Gasteiger partial charge in [-0.15, -0.1) is 0 Å². The van der Waals surface area contributed by atoms with Crippen LogP contribution in [0.25, 0.3) is 0 Å². The molecule has 0 heterocycles. The lowest BCUT2D eigenvalue weighted by Gasteiger charge is -2.14. The van der Waals surface area contributed by atoms with E-state index in [1.165, 1.54) is 5.56 Å². The molecule has 0 unspecified atom stereocenters. The van der Waals surface area contributed by atoms with Gasteiger partial charge < -0.3 is 14.8 Å². The number of methoxy groups -OCH3 is 1. The lowest BCUT2D eigenvalue weighted by molar-refractivity contribution is -0.118. The van der Waals surface area contributed by atoms with Gasteiger partial charge in [0.2, 0.25) is 0 Å². The third-order valence-electron chi connectivity index (χ3n) is 3.62. The zero-order valence-corrected chi connectivity index (χ0v) is 14.3. The second kappa shape index (κ2) is 7.18. The first-order valence-corrected chi connectivity index (χ1v) is 7.56. The van der Waals surface area contributed by atoms with Crippen molar-refractivity contribution in [3.05, 3.63) is 52.6 Å². The van der Waals surface area contributed by atoms with Crippen LogP contribution in [0.15, 0.2) is 30.3 Å². The number of rotatable bonds is 5. The van der Waals surface area contributed by atoms with Crippen molar-refractivity contribution < 1.29 is 14.3 Å². The number of hydrogen-bond acceptors (Lipinski definition) is 3. The van der Waals surface area contributed by atoms with Crippen LogP contribution >= 0.6 is 0 Å². The van der Waals surface area contributed by atoms with E-state index in [1.54, 1.807) is 7.11 Å². The number of benzene rings is 2. The molecule has 2 aromatic rings. The first kappa shape index (κ1) is 16.9. The van der Waals surface area contributed by atoms with Crippen LogP contribution in [0.4, 0.5) is 5.69 Å². The molecule has 0 aliphatic carbocycles. The fourth-order valence-corrected chi connectivity index (χ4v) is 2.59. The molecule has 0 spiro atoms. The molecule has 0 saturated carbocycles. The molecule has 4 heteroatoms. The lowest BCUT2D eigenvalue weighted by Crippen LogP contribution is -2.21. The van der Waals surface area contributed by atoms with Gasteiger partial charge in [-0.3, -0.25) is 4.79 Å². The fraction of sp³-hybridized carbons (Fsp3) is 0.316. The van der Waals surface area contributed by atoms with Crippen molar-refractivity contribution in [3.63, 3.8) is 0 Å². The highest BCUT2D eigenvalue weighted by Gasteiger charge is 2.11. The van der Waals surface area contributed by atoms with E-state index in [2.05, 4.69) is 5.32 Å². The van der Waals surface area contributed by atoms with Crippen LogP contribution in [0, 0.1) is 27.7 Å². The van der Waals surface area contributed by atoms with Crippen molar-refractivity contribution in [1.82, 2.24) is 0 Å². The first-order chi connectivity index (χ1) is 10.9. The van der Waals surface area contributed by atoms with Gasteiger partial charge in [-0.25, -0.2) is 0 Å². The number of carbonyl (C=O) groups excluding carboxylic acids is 1. The number of carbonyl (C=O) groups is 1. The second-order valence-corrected chi connectivity index (χ2v) is 5.76. The molecular formula is C19H23NO3. The average Bonchev–Trinajstić information content (AvgIpc) is 2.49. The summed E-state index contributed by atoms with van der Waals surface area (Å²) in [5, 5.41) is 2.92. The van der Waals surface area contributed by atoms with E-state index in [4.69, 9.17) is 9.47 Å². The zero-order chi connectivity index (χ0) is 17.0. The van der Waals surface area contributed by atoms with Gasteiger partial charge in [-0.1, -0.05) is 23.8 Å². The molecule has 0 radical (unpaired) electrons. The predicted octanol–water partition coefficient (Wildman–Crippen LogP) is 3.95. The van der Waals surface area contributed by atoms with Crippen LogP contribution in [-0.4, -0.2) is 19.6 Å². The Bertz CT molecular complexity index is 700. The SMILES string of the molecule is COc1cc(C)ccc1OCC(=O)Nc1c(C)cc(C)cc1C. The Balaban J connectivity index is 2.04. The third kappa shape index (κ3) is 4.25. The minimum atomic E-state index is -0.192. The van der Waals surface area contributed by atoms with E-state index in [1.807, 2.05) is 58.0 Å². The fourth-order valence-electron chi connectivity index (χ4n) is 2.59. The highest BCUT2D eigenvalue weighted by molar-refractivity contribution is 5.93. The molecule has 2 rings (SSSR count). The molecule has 0 fully saturated rings. The largest absolute Gasteiger partial charge is 0.493 e. The maximum atomic E-state index is 12.2. The Labute approximate surface area is 137 Å². The number of amides is 1. The summed E-state index contributed by atoms with van der Waals surface area (Å²) in [4.78, 5) is 12.2. The van der Waals surface area contributed by atoms with Crippen molar-refractivity contribution >= 4 is 11.6 Å². The Morgan fingerprint density at radius 3 is 2.22 bits per heavy atom. The van der Waals surface area contributed by atoms with Crippen molar-refractivity contribution in [2.24, 2.45) is 0 Å². The maximum Gasteiger partial charge on any atom is 0.262 e. The summed E-state index contributed by atoms with van der Waals surface area (Å²) in [5.74, 6) is 0.994. The molecule has 0 aliphatic heterocycles. The Morgan fingerprint density at radius 1 is 0.957 bits per heavy atom. The van der Waals surface area contributed by atoms with E-state index < -0.39 is 0 Å². The van der Waals surface area contributed by atoms with Crippen LogP contribution < -0.4 is 14.8 Å². The van der Waals surface area contributed by atoms with E-state index in [0.717, 1.165) is 22.4 Å². The first-order valence-electron chi connectivity index (χ1n) is 7.56. The van der Waals surface area contributed by atoms with Gasteiger partial charge in [0.05, 0.1) is 7.11 Å². The highest BCUT2D eigenvalue weighted by atomic mass is 16.5. The summed E-state index contributed by atoms with van der Waals surface area (Å²) < 4.78 is 10.9. The minimum Gasteiger partial charge on any atom is -0.493 e. The number of nitrogens with one attached hydrogen (secondary N) is 1. The quantitative estimate of drug-likeness (QED) is 0.909. The van der Waals surface area contributed by atoms with Gasteiger partial charge in [0.25, 0.3) is 5.91 Å². The van der Waals surface area contributed by atoms with Gasteiger partial charge >= 0.3 is 0 Å². The smallest absolute Gasteiger partial charge is 0.262 e. The van der Waals surface area contributed by atoms with Crippen molar-refractivity contribution in [2.75, 3.05) is 19.0 Å². The number of anilines is 1. The third-order valence-corrected chi connectivity index (χ3v) is 3.62. The summed E-state index contributed by atoms with van der Waals surface area (Å²) in [6, 6.07) is 9.70. The highest BCUT2D eigenvalue weighted by Crippen LogP contribution is 2.28. The molecule has 2 aromatic carbocycles. The second-order valence-electron chi connectivity index (χ2n) is 5.76. The number of aryl methyl sites for hydroxylation is 4. The van der Waals surface area contributed by atoms with Crippen LogP contribution in [0.1, 0.15) is 22.3 Å². The van der Waals surface area contributed by atoms with Crippen LogP contribution in [0.5, 0.6) is 11.5 Å². The Kier molecular flexibility index (Phi) is 5.27. The van der Waals surface area contributed by atoms with Gasteiger partial charge in [0, 0.05) is 5.69 Å². The summed E-state index contributed by atoms with van der Waals surface area (Å²) in [6.07, 6.45) is 0. The van der Waals surface area contributed by atoms with Crippen molar-refractivity contribution in [2.45, 2.75) is 27.7 Å². The molecular weight excluding hydrogens is 290 g/mol. The average molecular weight is 313 g/mol. The molecule has 4 nitrogen and oxygen atoms in total. The van der Waals surface area contributed by atoms with E-state index in [9.17, 15) is 4.79 Å². The maximum absolute atomic E-state index is 12.2. The Hall–Kier alpha value is -2.49. The van der Waals surface area contributed by atoms with Crippen molar-refractivity contribution in [3.8, 4) is 11.5 Å². The number of hydrogen-bond donors (Lipinski definition) is 1. The van der Waals surface area contributed by atoms with Crippen LogP contribution in [0.2, 0.25) is 0 Å². The Morgan fingerprint density at radius 2 is 1.61 bits per heavy atom.